The van der Waals surface area contributed by atoms with Crippen LogP contribution in [0.2, 0.25) is 0 Å². The molecule has 0 spiro atoms. The summed E-state index contributed by atoms with van der Waals surface area (Å²) in [5.41, 5.74) is 1.20. The van der Waals surface area contributed by atoms with Crippen LogP contribution in [0.15, 0.2) is 36.9 Å². The molecule has 0 saturated heterocycles. The van der Waals surface area contributed by atoms with Crippen LogP contribution in [0.25, 0.3) is 5.52 Å². The number of aromatic nitrogens is 3. The van der Waals surface area contributed by atoms with Gasteiger partial charge in [-0.1, -0.05) is 12.2 Å². The van der Waals surface area contributed by atoms with Gasteiger partial charge in [-0.15, -0.1) is 11.6 Å². The van der Waals surface area contributed by atoms with Crippen LogP contribution in [0.4, 0.5) is 0 Å². The molecule has 1 N–H and O–H groups in total. The van der Waals surface area contributed by atoms with E-state index < -0.39 is 0 Å². The monoisotopic (exact) mass is 250 g/mol. The Bertz CT molecular complexity index is 549. The summed E-state index contributed by atoms with van der Waals surface area (Å²) in [6.07, 6.45) is 10.0. The third-order valence-electron chi connectivity index (χ3n) is 2.21. The van der Waals surface area contributed by atoms with Gasteiger partial charge in [0.2, 0.25) is 0 Å². The number of alkyl halides is 1. The number of hydrogen-bond donors (Lipinski definition) is 1. The van der Waals surface area contributed by atoms with Gasteiger partial charge in [-0.25, -0.2) is 4.52 Å². The highest BCUT2D eigenvalue weighted by atomic mass is 35.5. The fourth-order valence-electron chi connectivity index (χ4n) is 1.40. The average molecular weight is 251 g/mol. The molecule has 0 unspecified atom stereocenters. The van der Waals surface area contributed by atoms with Crippen LogP contribution in [0.5, 0.6) is 0 Å². The lowest BCUT2D eigenvalue weighted by molar-refractivity contribution is 0.0959. The summed E-state index contributed by atoms with van der Waals surface area (Å²) in [6.45, 7) is 0.448. The van der Waals surface area contributed by atoms with Crippen LogP contribution in [0.3, 0.4) is 0 Å². The van der Waals surface area contributed by atoms with Crippen LogP contribution < -0.4 is 5.32 Å². The maximum absolute atomic E-state index is 11.8. The van der Waals surface area contributed by atoms with Gasteiger partial charge in [-0.2, -0.15) is 5.10 Å². The molecule has 2 aromatic rings. The second-order valence-electron chi connectivity index (χ2n) is 3.30. The normalized spacial score (nSPS) is 11.1. The number of rotatable bonds is 4. The largest absolute Gasteiger partial charge is 0.348 e. The molecule has 0 aliphatic rings. The van der Waals surface area contributed by atoms with E-state index in [2.05, 4.69) is 15.4 Å². The lowest BCUT2D eigenvalue weighted by Crippen LogP contribution is -2.23. The fraction of sp³-hybridized carbons (Fsp3) is 0.182. The minimum absolute atomic E-state index is 0.174. The van der Waals surface area contributed by atoms with E-state index >= 15 is 0 Å². The van der Waals surface area contributed by atoms with Crippen LogP contribution in [-0.4, -0.2) is 32.9 Å². The molecule has 6 heteroatoms. The van der Waals surface area contributed by atoms with Crippen molar-refractivity contribution in [1.82, 2.24) is 19.9 Å². The van der Waals surface area contributed by atoms with Crippen molar-refractivity contribution < 1.29 is 4.79 Å². The highest BCUT2D eigenvalue weighted by molar-refractivity contribution is 6.18. The second-order valence-corrected chi connectivity index (χ2v) is 3.61. The number of halogens is 1. The number of amides is 1. The zero-order valence-electron chi connectivity index (χ0n) is 9.01. The molecular weight excluding hydrogens is 240 g/mol. The summed E-state index contributed by atoms with van der Waals surface area (Å²) in [7, 11) is 0. The van der Waals surface area contributed by atoms with Crippen molar-refractivity contribution in [3.8, 4) is 0 Å². The third-order valence-corrected chi connectivity index (χ3v) is 2.38. The number of carbonyl (C=O) groups excluding carboxylic acids is 1. The van der Waals surface area contributed by atoms with Crippen molar-refractivity contribution in [3.05, 3.63) is 42.5 Å². The Hall–Kier alpha value is -1.88. The van der Waals surface area contributed by atoms with Gasteiger partial charge in [-0.05, 0) is 0 Å². The van der Waals surface area contributed by atoms with Crippen molar-refractivity contribution >= 4 is 23.0 Å². The van der Waals surface area contributed by atoms with E-state index in [4.69, 9.17) is 11.6 Å². The maximum Gasteiger partial charge on any atom is 0.255 e. The van der Waals surface area contributed by atoms with Crippen molar-refractivity contribution in [1.29, 1.82) is 0 Å². The molecule has 0 saturated carbocycles. The summed E-state index contributed by atoms with van der Waals surface area (Å²) >= 11 is 5.47. The lowest BCUT2D eigenvalue weighted by atomic mass is 10.3. The predicted octanol–water partition coefficient (Wildman–Crippen LogP) is 1.25. The molecule has 0 aliphatic heterocycles. The minimum Gasteiger partial charge on any atom is -0.348 e. The highest BCUT2D eigenvalue weighted by Crippen LogP contribution is 2.07. The average Bonchev–Trinajstić information content (AvgIpc) is 2.78. The summed E-state index contributed by atoms with van der Waals surface area (Å²) < 4.78 is 1.61. The molecule has 0 aliphatic carbocycles. The number of nitrogens with zero attached hydrogens (tertiary/aromatic N) is 3. The highest BCUT2D eigenvalue weighted by Gasteiger charge is 2.11. The van der Waals surface area contributed by atoms with Gasteiger partial charge in [-0.3, -0.25) is 9.78 Å². The standard InChI is InChI=1S/C11H11ClN4O/c12-3-1-2-4-14-11(17)9-7-15-16-6-5-13-8-10(9)16/h1-2,5-8H,3-4H2,(H,14,17)/b2-1+. The molecule has 0 bridgehead atoms. The second kappa shape index (κ2) is 5.45. The van der Waals surface area contributed by atoms with Gasteiger partial charge in [0.1, 0.15) is 0 Å². The number of hydrogen-bond acceptors (Lipinski definition) is 3. The smallest absolute Gasteiger partial charge is 0.255 e. The molecule has 0 radical (unpaired) electrons. The lowest BCUT2D eigenvalue weighted by Gasteiger charge is -1.99. The fourth-order valence-corrected chi connectivity index (χ4v) is 1.53. The molecular formula is C11H11ClN4O. The predicted molar refractivity (Wildman–Crippen MR) is 65.2 cm³/mol. The van der Waals surface area contributed by atoms with E-state index in [0.717, 1.165) is 0 Å². The number of allylic oxidation sites excluding steroid dienone is 1. The molecule has 0 fully saturated rings. The Balaban J connectivity index is 2.11. The zero-order valence-corrected chi connectivity index (χ0v) is 9.76. The van der Waals surface area contributed by atoms with Gasteiger partial charge in [0.25, 0.3) is 5.91 Å². The van der Waals surface area contributed by atoms with E-state index in [1.165, 1.54) is 6.20 Å². The zero-order chi connectivity index (χ0) is 12.1. The summed E-state index contributed by atoms with van der Waals surface area (Å²) in [5.74, 6) is 0.267. The van der Waals surface area contributed by atoms with Crippen molar-refractivity contribution in [3.63, 3.8) is 0 Å². The number of carbonyl (C=O) groups is 1. The van der Waals surface area contributed by atoms with Gasteiger partial charge < -0.3 is 5.32 Å². The molecule has 2 aromatic heterocycles. The van der Waals surface area contributed by atoms with E-state index in [1.807, 2.05) is 0 Å². The third kappa shape index (κ3) is 2.62. The molecule has 0 atom stereocenters. The minimum atomic E-state index is -0.174. The Labute approximate surface area is 103 Å². The first-order valence-electron chi connectivity index (χ1n) is 5.09. The van der Waals surface area contributed by atoms with E-state index in [0.29, 0.717) is 23.5 Å². The Morgan fingerprint density at radius 1 is 1.47 bits per heavy atom. The van der Waals surface area contributed by atoms with Crippen molar-refractivity contribution in [2.45, 2.75) is 0 Å². The topological polar surface area (TPSA) is 59.3 Å². The quantitative estimate of drug-likeness (QED) is 0.656. The van der Waals surface area contributed by atoms with Gasteiger partial charge >= 0.3 is 0 Å². The molecule has 88 valence electrons. The summed E-state index contributed by atoms with van der Waals surface area (Å²) in [4.78, 5) is 15.8. The SMILES string of the molecule is O=C(NC/C=C/CCl)c1cnn2ccncc12. The molecule has 1 amide bonds. The molecule has 0 aromatic carbocycles. The van der Waals surface area contributed by atoms with Gasteiger partial charge in [0.15, 0.2) is 0 Å². The van der Waals surface area contributed by atoms with Gasteiger partial charge in [0.05, 0.1) is 23.5 Å². The number of fused-ring (bicyclic) bond motifs is 1. The molecule has 2 heterocycles. The Morgan fingerprint density at radius 2 is 2.35 bits per heavy atom. The van der Waals surface area contributed by atoms with Crippen molar-refractivity contribution in [2.75, 3.05) is 12.4 Å². The van der Waals surface area contributed by atoms with E-state index in [9.17, 15) is 4.79 Å². The van der Waals surface area contributed by atoms with Crippen LogP contribution >= 0.6 is 11.6 Å². The molecule has 17 heavy (non-hydrogen) atoms. The maximum atomic E-state index is 11.8. The molecule has 2 rings (SSSR count). The van der Waals surface area contributed by atoms with Gasteiger partial charge in [0, 0.05) is 24.8 Å². The molecule has 5 nitrogen and oxygen atoms in total. The Kier molecular flexibility index (Phi) is 3.72. The Morgan fingerprint density at radius 3 is 3.18 bits per heavy atom. The van der Waals surface area contributed by atoms with Crippen molar-refractivity contribution in [2.24, 2.45) is 0 Å². The first-order valence-corrected chi connectivity index (χ1v) is 5.63. The van der Waals surface area contributed by atoms with Crippen LogP contribution in [-0.2, 0) is 0 Å². The van der Waals surface area contributed by atoms with E-state index in [-0.39, 0.29) is 5.91 Å². The number of nitrogens with one attached hydrogen (secondary N) is 1. The summed E-state index contributed by atoms with van der Waals surface area (Å²) in [6, 6.07) is 0. The first kappa shape index (κ1) is 11.6. The summed E-state index contributed by atoms with van der Waals surface area (Å²) in [5, 5.41) is 6.81. The first-order chi connectivity index (χ1) is 8.33. The van der Waals surface area contributed by atoms with Crippen LogP contribution in [0.1, 0.15) is 10.4 Å². The van der Waals surface area contributed by atoms with E-state index in [1.54, 1.807) is 35.3 Å². The van der Waals surface area contributed by atoms with Crippen LogP contribution in [0, 0.1) is 0 Å².